The Balaban J connectivity index is 0. The van der Waals surface area contributed by atoms with Crippen molar-refractivity contribution < 1.29 is 9.90 Å². The van der Waals surface area contributed by atoms with Crippen LogP contribution in [0.15, 0.2) is 0 Å². The quantitative estimate of drug-likeness (QED) is 0.245. The summed E-state index contributed by atoms with van der Waals surface area (Å²) in [6.45, 7) is -0.500. The van der Waals surface area contributed by atoms with E-state index in [1.54, 1.807) is 0 Å². The van der Waals surface area contributed by atoms with Gasteiger partial charge in [0.15, 0.2) is 0 Å². The first-order chi connectivity index (χ1) is 1.41. The van der Waals surface area contributed by atoms with Gasteiger partial charge in [0, 0.05) is 6.47 Å². The molecule has 0 spiro atoms. The van der Waals surface area contributed by atoms with E-state index in [0.717, 1.165) is 0 Å². The second-order valence-electron chi connectivity index (χ2n) is 0.0962. The van der Waals surface area contributed by atoms with Crippen molar-refractivity contribution in [2.75, 3.05) is 0 Å². The summed E-state index contributed by atoms with van der Waals surface area (Å²) in [5, 5.41) is 8.25. The van der Waals surface area contributed by atoms with Gasteiger partial charge in [-0.2, -0.15) is 0 Å². The molecule has 0 aromatic heterocycles. The average Bonchev–Trinajstić information content (AvgIpc) is 0.918. The van der Waals surface area contributed by atoms with Crippen LogP contribution in [0.4, 0.5) is 0 Å². The van der Waals surface area contributed by atoms with E-state index in [0.29, 0.717) is 0 Å². The third-order valence-electron chi connectivity index (χ3n) is 0. The molecule has 0 rings (SSSR count). The topological polar surface area (TPSA) is 40.1 Å². The fourth-order valence-corrected chi connectivity index (χ4v) is 0. The molecule has 0 N–H and O–H groups in total. The van der Waals surface area contributed by atoms with E-state index in [1.165, 1.54) is 0 Å². The van der Waals surface area contributed by atoms with Crippen molar-refractivity contribution in [3.8, 4) is 0 Å². The number of hydrogen-bond donors (Lipinski definition) is 0. The van der Waals surface area contributed by atoms with E-state index in [2.05, 4.69) is 0 Å². The minimum atomic E-state index is -0.500. The van der Waals surface area contributed by atoms with Crippen molar-refractivity contribution in [1.82, 2.24) is 0 Å². The van der Waals surface area contributed by atoms with Crippen LogP contribution in [0.25, 0.3) is 0 Å². The van der Waals surface area contributed by atoms with E-state index in [9.17, 15) is 0 Å². The first-order valence-electron chi connectivity index (χ1n) is 0.471. The Hall–Kier alpha value is 0.00247. The van der Waals surface area contributed by atoms with Gasteiger partial charge in [0.2, 0.25) is 0 Å². The van der Waals surface area contributed by atoms with Gasteiger partial charge in [-0.15, -0.1) is 0 Å². The predicted octanol–water partition coefficient (Wildman–Crippen LogP) is -2.01. The maximum absolute atomic E-state index is 8.25. The van der Waals surface area contributed by atoms with Gasteiger partial charge in [0.05, 0.1) is 0 Å². The molecule has 0 amide bonds. The van der Waals surface area contributed by atoms with Crippen LogP contribution in [-0.4, -0.2) is 23.8 Å². The fraction of sp³-hybridized carbons (Fsp3) is 0. The minimum absolute atomic E-state index is 0. The maximum Gasteiger partial charge on any atom is 3.00 e. The molecule has 0 saturated heterocycles. The van der Waals surface area contributed by atoms with Gasteiger partial charge in [-0.3, -0.25) is 0 Å². The first kappa shape index (κ1) is 9.00. The predicted molar refractivity (Wildman–Crippen MR) is 11.8 cm³/mol. The van der Waals surface area contributed by atoms with Gasteiger partial charge in [-0.25, -0.2) is 0 Å². The summed E-state index contributed by atoms with van der Waals surface area (Å²) in [6, 6.07) is 0. The molecule has 0 aliphatic heterocycles. The van der Waals surface area contributed by atoms with Gasteiger partial charge in [-0.05, 0) is 0 Å². The summed E-state index contributed by atoms with van der Waals surface area (Å²) >= 11 is 0. The molecule has 0 unspecified atom stereocenters. The SMILES string of the molecule is O=C[O-].[Al+3]. The van der Waals surface area contributed by atoms with Gasteiger partial charge in [0.1, 0.15) is 0 Å². The molecular weight excluding hydrogens is 71.0 g/mol. The number of carbonyl (C=O) groups excluding carboxylic acids is 1. The number of carbonyl (C=O) groups is 1. The molecule has 0 heterocycles. The Morgan fingerprint density at radius 1 is 1.75 bits per heavy atom. The van der Waals surface area contributed by atoms with E-state index < -0.39 is 6.47 Å². The van der Waals surface area contributed by atoms with Gasteiger partial charge in [0.25, 0.3) is 0 Å². The third-order valence-corrected chi connectivity index (χ3v) is 0. The summed E-state index contributed by atoms with van der Waals surface area (Å²) in [7, 11) is 0. The van der Waals surface area contributed by atoms with Gasteiger partial charge in [-0.1, -0.05) is 0 Å². The number of carboxylic acid groups (broad SMARTS) is 1. The van der Waals surface area contributed by atoms with Crippen molar-refractivity contribution in [3.63, 3.8) is 0 Å². The van der Waals surface area contributed by atoms with Crippen LogP contribution in [0.2, 0.25) is 0 Å². The smallest absolute Gasteiger partial charge is 0.554 e. The maximum atomic E-state index is 8.25. The monoisotopic (exact) mass is 72.0 g/mol. The summed E-state index contributed by atoms with van der Waals surface area (Å²) in [5.74, 6) is 0. The molecule has 0 aliphatic carbocycles. The van der Waals surface area contributed by atoms with E-state index in [1.807, 2.05) is 0 Å². The molecule has 3 heteroatoms. The molecule has 0 fully saturated rings. The molecule has 0 aromatic rings. The fourth-order valence-electron chi connectivity index (χ4n) is 0. The van der Waals surface area contributed by atoms with Crippen LogP contribution in [-0.2, 0) is 4.79 Å². The van der Waals surface area contributed by atoms with Crippen LogP contribution >= 0.6 is 0 Å². The largest absolute Gasteiger partial charge is 3.00 e. The van der Waals surface area contributed by atoms with Gasteiger partial charge >= 0.3 is 17.4 Å². The van der Waals surface area contributed by atoms with Crippen molar-refractivity contribution >= 4 is 23.8 Å². The molecule has 4 heavy (non-hydrogen) atoms. The van der Waals surface area contributed by atoms with E-state index in [-0.39, 0.29) is 17.4 Å². The summed E-state index contributed by atoms with van der Waals surface area (Å²) in [5.41, 5.74) is 0. The minimum Gasteiger partial charge on any atom is -0.554 e. The van der Waals surface area contributed by atoms with Crippen molar-refractivity contribution in [2.24, 2.45) is 0 Å². The average molecular weight is 72.0 g/mol. The number of rotatable bonds is 0. The number of hydrogen-bond acceptors (Lipinski definition) is 2. The van der Waals surface area contributed by atoms with Crippen molar-refractivity contribution in [3.05, 3.63) is 0 Å². The standard InChI is InChI=1S/CH2O2.Al/c2-1-3;/h1H,(H,2,3);/q;+3/p-1. The zero-order valence-electron chi connectivity index (χ0n) is 1.97. The van der Waals surface area contributed by atoms with Gasteiger partial charge < -0.3 is 9.90 Å². The van der Waals surface area contributed by atoms with Crippen LogP contribution in [0.5, 0.6) is 0 Å². The van der Waals surface area contributed by atoms with Crippen molar-refractivity contribution in [2.45, 2.75) is 0 Å². The molecule has 2 nitrogen and oxygen atoms in total. The molecule has 0 saturated carbocycles. The zero-order chi connectivity index (χ0) is 2.71. The van der Waals surface area contributed by atoms with Crippen LogP contribution in [0, 0.1) is 0 Å². The summed E-state index contributed by atoms with van der Waals surface area (Å²) in [4.78, 5) is 8.25. The molecule has 0 atom stereocenters. The summed E-state index contributed by atoms with van der Waals surface area (Å²) < 4.78 is 0. The molecular formula is CHAlO2+2. The first-order valence-corrected chi connectivity index (χ1v) is 0.471. The second kappa shape index (κ2) is 12.0. The Morgan fingerprint density at radius 3 is 1.75 bits per heavy atom. The molecule has 0 radical (unpaired) electrons. The van der Waals surface area contributed by atoms with Crippen LogP contribution in [0.1, 0.15) is 0 Å². The Morgan fingerprint density at radius 2 is 1.75 bits per heavy atom. The Labute approximate surface area is 34.6 Å². The van der Waals surface area contributed by atoms with Crippen LogP contribution < -0.4 is 5.11 Å². The Kier molecular flexibility index (Phi) is 27.0. The second-order valence-corrected chi connectivity index (χ2v) is 0.0962. The summed E-state index contributed by atoms with van der Waals surface area (Å²) in [6.07, 6.45) is 0. The molecule has 0 aliphatic rings. The van der Waals surface area contributed by atoms with E-state index >= 15 is 0 Å². The molecule has 18 valence electrons. The van der Waals surface area contributed by atoms with Crippen LogP contribution in [0.3, 0.4) is 0 Å². The molecule has 0 aromatic carbocycles. The normalized spacial score (nSPS) is 3.00. The van der Waals surface area contributed by atoms with E-state index in [4.69, 9.17) is 9.90 Å². The Bertz CT molecular complexity index is 13.5. The van der Waals surface area contributed by atoms with Crippen molar-refractivity contribution in [1.29, 1.82) is 0 Å². The third kappa shape index (κ3) is 331000. The molecule has 0 bridgehead atoms. The zero-order valence-corrected chi connectivity index (χ0v) is 3.13.